The number of thiophene rings is 1. The van der Waals surface area contributed by atoms with Crippen molar-refractivity contribution in [1.29, 1.82) is 0 Å². The number of aromatic carboxylic acids is 1. The van der Waals surface area contributed by atoms with Crippen LogP contribution in [0.15, 0.2) is 59.3 Å². The van der Waals surface area contributed by atoms with Crippen LogP contribution in [0.5, 0.6) is 0 Å². The van der Waals surface area contributed by atoms with E-state index in [-0.39, 0.29) is 17.5 Å². The molecule has 1 atom stereocenters. The minimum absolute atomic E-state index is 0.161. The van der Waals surface area contributed by atoms with E-state index in [1.54, 1.807) is 29.8 Å². The van der Waals surface area contributed by atoms with Crippen LogP contribution in [0.3, 0.4) is 0 Å². The van der Waals surface area contributed by atoms with Crippen LogP contribution in [-0.2, 0) is 12.6 Å². The molecule has 8 heteroatoms. The fourth-order valence-electron chi connectivity index (χ4n) is 2.96. The maximum Gasteiger partial charge on any atom is 0.416 e. The third-order valence-corrected chi connectivity index (χ3v) is 5.46. The maximum absolute atomic E-state index is 12.7. The quantitative estimate of drug-likeness (QED) is 0.536. The Labute approximate surface area is 175 Å². The fraction of sp³-hybridized carbons (Fsp3) is 0.182. The smallest absolute Gasteiger partial charge is 0.416 e. The second-order valence-electron chi connectivity index (χ2n) is 6.80. The number of hydrogen-bond acceptors (Lipinski definition) is 3. The second kappa shape index (κ2) is 8.71. The minimum Gasteiger partial charge on any atom is -0.478 e. The molecule has 1 heterocycles. The minimum atomic E-state index is -4.38. The molecular formula is C22H18F3NO3S. The van der Waals surface area contributed by atoms with Crippen LogP contribution in [0, 0.1) is 0 Å². The van der Waals surface area contributed by atoms with Crippen molar-refractivity contribution in [3.63, 3.8) is 0 Å². The molecule has 0 unspecified atom stereocenters. The standard InChI is InChI=1S/C22H18F3NO3S/c1-13(15-4-6-16(7-5-15)21(28)29)26-20(27)19-12-30-11-17(19)10-14-2-8-18(9-3-14)22(23,24)25/h2-9,11-13H,10H2,1H3,(H,26,27)(H,28,29)/t13-/m0/s1. The number of carbonyl (C=O) groups is 2. The van der Waals surface area contributed by atoms with Gasteiger partial charge in [-0.25, -0.2) is 4.79 Å². The Hall–Kier alpha value is -3.13. The molecule has 1 amide bonds. The van der Waals surface area contributed by atoms with Crippen molar-refractivity contribution in [2.45, 2.75) is 25.6 Å². The summed E-state index contributed by atoms with van der Waals surface area (Å²) in [6.45, 7) is 1.79. The van der Waals surface area contributed by atoms with Gasteiger partial charge in [0.2, 0.25) is 0 Å². The van der Waals surface area contributed by atoms with E-state index in [2.05, 4.69) is 5.32 Å². The first-order valence-corrected chi connectivity index (χ1v) is 9.94. The molecule has 0 radical (unpaired) electrons. The maximum atomic E-state index is 12.7. The van der Waals surface area contributed by atoms with Gasteiger partial charge in [-0.15, -0.1) is 0 Å². The molecule has 0 aliphatic heterocycles. The number of rotatable bonds is 6. The molecule has 0 bridgehead atoms. The number of carboxylic acids is 1. The summed E-state index contributed by atoms with van der Waals surface area (Å²) < 4.78 is 38.1. The van der Waals surface area contributed by atoms with Gasteiger partial charge >= 0.3 is 12.1 Å². The molecule has 0 aliphatic carbocycles. The summed E-state index contributed by atoms with van der Waals surface area (Å²) in [4.78, 5) is 23.7. The molecule has 156 valence electrons. The molecule has 1 aromatic heterocycles. The average molecular weight is 433 g/mol. The molecule has 2 N–H and O–H groups in total. The molecule has 0 aliphatic rings. The van der Waals surface area contributed by atoms with E-state index in [0.717, 1.165) is 23.3 Å². The van der Waals surface area contributed by atoms with Gasteiger partial charge in [-0.3, -0.25) is 4.79 Å². The first-order valence-electron chi connectivity index (χ1n) is 9.00. The van der Waals surface area contributed by atoms with Crippen LogP contribution in [0.25, 0.3) is 0 Å². The van der Waals surface area contributed by atoms with E-state index in [4.69, 9.17) is 5.11 Å². The SMILES string of the molecule is C[C@H](NC(=O)c1cscc1Cc1ccc(C(F)(F)F)cc1)c1ccc(C(=O)O)cc1. The highest BCUT2D eigenvalue weighted by Crippen LogP contribution is 2.30. The van der Waals surface area contributed by atoms with Gasteiger partial charge in [0, 0.05) is 5.38 Å². The zero-order valence-electron chi connectivity index (χ0n) is 15.9. The first kappa shape index (κ1) is 21.6. The second-order valence-corrected chi connectivity index (χ2v) is 7.55. The van der Waals surface area contributed by atoms with Crippen molar-refractivity contribution in [2.24, 2.45) is 0 Å². The number of alkyl halides is 3. The molecule has 3 aromatic rings. The van der Waals surface area contributed by atoms with E-state index in [9.17, 15) is 22.8 Å². The van der Waals surface area contributed by atoms with Crippen molar-refractivity contribution in [1.82, 2.24) is 5.32 Å². The zero-order valence-corrected chi connectivity index (χ0v) is 16.7. The van der Waals surface area contributed by atoms with Crippen LogP contribution in [0.1, 0.15) is 55.9 Å². The van der Waals surface area contributed by atoms with Crippen LogP contribution in [-0.4, -0.2) is 17.0 Å². The van der Waals surface area contributed by atoms with Gasteiger partial charge in [-0.1, -0.05) is 24.3 Å². The normalized spacial score (nSPS) is 12.4. The Morgan fingerprint density at radius 2 is 1.67 bits per heavy atom. The molecule has 0 spiro atoms. The monoisotopic (exact) mass is 433 g/mol. The highest BCUT2D eigenvalue weighted by atomic mass is 32.1. The van der Waals surface area contributed by atoms with Crippen LogP contribution < -0.4 is 5.32 Å². The predicted molar refractivity (Wildman–Crippen MR) is 108 cm³/mol. The molecule has 0 saturated carbocycles. The van der Waals surface area contributed by atoms with Gasteiger partial charge in [0.15, 0.2) is 0 Å². The number of halogens is 3. The summed E-state index contributed by atoms with van der Waals surface area (Å²) >= 11 is 1.34. The highest BCUT2D eigenvalue weighted by Gasteiger charge is 2.30. The van der Waals surface area contributed by atoms with Gasteiger partial charge in [-0.05, 0) is 59.7 Å². The average Bonchev–Trinajstić information content (AvgIpc) is 3.16. The van der Waals surface area contributed by atoms with Crippen LogP contribution in [0.4, 0.5) is 13.2 Å². The fourth-order valence-corrected chi connectivity index (χ4v) is 3.80. The van der Waals surface area contributed by atoms with E-state index in [0.29, 0.717) is 17.5 Å². The largest absolute Gasteiger partial charge is 0.478 e. The van der Waals surface area contributed by atoms with Gasteiger partial charge in [0.25, 0.3) is 5.91 Å². The van der Waals surface area contributed by atoms with Crippen LogP contribution >= 0.6 is 11.3 Å². The Bertz CT molecular complexity index is 1040. The topological polar surface area (TPSA) is 66.4 Å². The number of amides is 1. The molecule has 0 fully saturated rings. The first-order chi connectivity index (χ1) is 14.1. The Balaban J connectivity index is 1.69. The molecule has 3 rings (SSSR count). The third-order valence-electron chi connectivity index (χ3n) is 4.67. The Morgan fingerprint density at radius 3 is 2.23 bits per heavy atom. The molecule has 30 heavy (non-hydrogen) atoms. The number of hydrogen-bond donors (Lipinski definition) is 2. The number of carboxylic acid groups (broad SMARTS) is 1. The van der Waals surface area contributed by atoms with Gasteiger partial charge in [-0.2, -0.15) is 24.5 Å². The summed E-state index contributed by atoms with van der Waals surface area (Å²) in [5.74, 6) is -1.32. The van der Waals surface area contributed by atoms with Crippen LogP contribution in [0.2, 0.25) is 0 Å². The number of carbonyl (C=O) groups excluding carboxylic acids is 1. The molecular weight excluding hydrogens is 415 g/mol. The predicted octanol–water partition coefficient (Wildman–Crippen LogP) is 5.55. The Kier molecular flexibility index (Phi) is 6.26. The van der Waals surface area contributed by atoms with E-state index in [1.165, 1.54) is 35.6 Å². The number of nitrogens with one attached hydrogen (secondary N) is 1. The number of benzene rings is 2. The molecule has 0 saturated heterocycles. The van der Waals surface area contributed by atoms with Crippen molar-refractivity contribution in [2.75, 3.05) is 0 Å². The van der Waals surface area contributed by atoms with Crippen molar-refractivity contribution in [3.8, 4) is 0 Å². The van der Waals surface area contributed by atoms with Crippen molar-refractivity contribution >= 4 is 23.2 Å². The summed E-state index contributed by atoms with van der Waals surface area (Å²) in [6, 6.07) is 10.8. The summed E-state index contributed by atoms with van der Waals surface area (Å²) in [7, 11) is 0. The molecule has 4 nitrogen and oxygen atoms in total. The zero-order chi connectivity index (χ0) is 21.9. The van der Waals surface area contributed by atoms with Gasteiger partial charge in [0.05, 0.1) is 22.7 Å². The lowest BCUT2D eigenvalue weighted by molar-refractivity contribution is -0.137. The van der Waals surface area contributed by atoms with Crippen molar-refractivity contribution < 1.29 is 27.9 Å². The lowest BCUT2D eigenvalue weighted by atomic mass is 10.0. The summed E-state index contributed by atoms with van der Waals surface area (Å²) in [5.41, 5.74) is 2.08. The van der Waals surface area contributed by atoms with E-state index < -0.39 is 17.7 Å². The van der Waals surface area contributed by atoms with Crippen molar-refractivity contribution in [3.05, 3.63) is 92.7 Å². The third kappa shape index (κ3) is 5.07. The van der Waals surface area contributed by atoms with E-state index >= 15 is 0 Å². The lowest BCUT2D eigenvalue weighted by Gasteiger charge is -2.15. The summed E-state index contributed by atoms with van der Waals surface area (Å²) in [6.07, 6.45) is -4.04. The Morgan fingerprint density at radius 1 is 1.03 bits per heavy atom. The van der Waals surface area contributed by atoms with Gasteiger partial charge in [0.1, 0.15) is 0 Å². The lowest BCUT2D eigenvalue weighted by Crippen LogP contribution is -2.27. The highest BCUT2D eigenvalue weighted by molar-refractivity contribution is 7.08. The van der Waals surface area contributed by atoms with Gasteiger partial charge < -0.3 is 10.4 Å². The molecule has 2 aromatic carbocycles. The van der Waals surface area contributed by atoms with E-state index in [1.807, 2.05) is 0 Å². The summed E-state index contributed by atoms with van der Waals surface area (Å²) in [5, 5.41) is 15.3.